The van der Waals surface area contributed by atoms with Gasteiger partial charge in [-0.25, -0.2) is 0 Å². The first kappa shape index (κ1) is 17.6. The van der Waals surface area contributed by atoms with Crippen LogP contribution in [0.3, 0.4) is 0 Å². The molecule has 0 fully saturated rings. The second kappa shape index (κ2) is 8.73. The molecule has 0 aromatic heterocycles. The van der Waals surface area contributed by atoms with Crippen molar-refractivity contribution in [2.75, 3.05) is 6.61 Å². The standard InChI is InChI=1S/C21H20O.C2H4/c1-3-17-6-4-7-18(14-17)10-9-16(2)19-11-12-21-20(15-19)8-5-13-22-21;1-2/h4-12,14-15H,2-3,13H2,1H3;1-2H2/b10-9+;. The number of aryl methyl sites for hydroxylation is 1. The molecule has 122 valence electrons. The average molecular weight is 316 g/mol. The highest BCUT2D eigenvalue weighted by Gasteiger charge is 2.06. The molecule has 0 amide bonds. The molecule has 0 aliphatic carbocycles. The maximum absolute atomic E-state index is 5.58. The highest BCUT2D eigenvalue weighted by atomic mass is 16.5. The van der Waals surface area contributed by atoms with E-state index >= 15 is 0 Å². The van der Waals surface area contributed by atoms with Gasteiger partial charge in [-0.2, -0.15) is 0 Å². The van der Waals surface area contributed by atoms with Gasteiger partial charge in [-0.15, -0.1) is 13.2 Å². The lowest BCUT2D eigenvalue weighted by molar-refractivity contribution is 0.358. The molecule has 2 aromatic carbocycles. The monoisotopic (exact) mass is 316 g/mol. The summed E-state index contributed by atoms with van der Waals surface area (Å²) in [4.78, 5) is 0. The summed E-state index contributed by atoms with van der Waals surface area (Å²) in [5.41, 5.74) is 5.80. The summed E-state index contributed by atoms with van der Waals surface area (Å²) in [7, 11) is 0. The zero-order chi connectivity index (χ0) is 17.4. The van der Waals surface area contributed by atoms with Crippen molar-refractivity contribution in [3.8, 4) is 5.75 Å². The SMILES string of the molecule is C=C.C=C(/C=C/c1cccc(CC)c1)c1ccc2c(c1)C=CCO2. The van der Waals surface area contributed by atoms with E-state index in [0.717, 1.165) is 28.9 Å². The third kappa shape index (κ3) is 4.36. The van der Waals surface area contributed by atoms with E-state index in [0.29, 0.717) is 6.61 Å². The number of hydrogen-bond donors (Lipinski definition) is 0. The predicted octanol–water partition coefficient (Wildman–Crippen LogP) is 6.18. The summed E-state index contributed by atoms with van der Waals surface area (Å²) >= 11 is 0. The lowest BCUT2D eigenvalue weighted by atomic mass is 10.0. The molecule has 1 aliphatic heterocycles. The highest BCUT2D eigenvalue weighted by molar-refractivity contribution is 5.79. The molecule has 0 bridgehead atoms. The summed E-state index contributed by atoms with van der Waals surface area (Å²) in [6.07, 6.45) is 9.38. The molecule has 0 spiro atoms. The number of fused-ring (bicyclic) bond motifs is 1. The molecular weight excluding hydrogens is 292 g/mol. The number of rotatable bonds is 4. The third-order valence-electron chi connectivity index (χ3n) is 3.85. The largest absolute Gasteiger partial charge is 0.489 e. The third-order valence-corrected chi connectivity index (χ3v) is 3.85. The van der Waals surface area contributed by atoms with Gasteiger partial charge < -0.3 is 4.74 Å². The molecule has 1 heterocycles. The molecule has 2 aromatic rings. The van der Waals surface area contributed by atoms with Crippen LogP contribution in [0.15, 0.2) is 74.4 Å². The first-order valence-corrected chi connectivity index (χ1v) is 8.16. The van der Waals surface area contributed by atoms with Gasteiger partial charge in [0, 0.05) is 5.56 Å². The van der Waals surface area contributed by atoms with Crippen LogP contribution in [0.2, 0.25) is 0 Å². The fourth-order valence-corrected chi connectivity index (χ4v) is 2.53. The zero-order valence-electron chi connectivity index (χ0n) is 14.3. The van der Waals surface area contributed by atoms with Gasteiger partial charge in [0.1, 0.15) is 12.4 Å². The van der Waals surface area contributed by atoms with Gasteiger partial charge in [-0.1, -0.05) is 62.1 Å². The molecule has 0 atom stereocenters. The van der Waals surface area contributed by atoms with Gasteiger partial charge in [0.25, 0.3) is 0 Å². The van der Waals surface area contributed by atoms with Crippen molar-refractivity contribution in [1.82, 2.24) is 0 Å². The second-order valence-corrected chi connectivity index (χ2v) is 5.42. The molecule has 1 aliphatic rings. The lowest BCUT2D eigenvalue weighted by Crippen LogP contribution is -2.00. The van der Waals surface area contributed by atoms with Crippen LogP contribution in [0.25, 0.3) is 17.7 Å². The Kier molecular flexibility index (Phi) is 6.39. The van der Waals surface area contributed by atoms with E-state index in [9.17, 15) is 0 Å². The average Bonchev–Trinajstić information content (AvgIpc) is 2.67. The Labute approximate surface area is 145 Å². The van der Waals surface area contributed by atoms with Gasteiger partial charge in [0.05, 0.1) is 0 Å². The van der Waals surface area contributed by atoms with E-state index in [2.05, 4.69) is 81.3 Å². The molecule has 1 nitrogen and oxygen atoms in total. The van der Waals surface area contributed by atoms with Crippen LogP contribution in [0.1, 0.15) is 29.2 Å². The molecule has 0 saturated heterocycles. The van der Waals surface area contributed by atoms with Crippen LogP contribution in [0, 0.1) is 0 Å². The molecule has 1 heteroatoms. The molecule has 0 saturated carbocycles. The summed E-state index contributed by atoms with van der Waals surface area (Å²) in [6.45, 7) is 13.0. The first-order valence-electron chi connectivity index (χ1n) is 8.16. The van der Waals surface area contributed by atoms with E-state index in [-0.39, 0.29) is 0 Å². The second-order valence-electron chi connectivity index (χ2n) is 5.42. The first-order chi connectivity index (χ1) is 11.8. The Morgan fingerprint density at radius 2 is 2.00 bits per heavy atom. The van der Waals surface area contributed by atoms with Crippen molar-refractivity contribution in [1.29, 1.82) is 0 Å². The van der Waals surface area contributed by atoms with Crippen LogP contribution in [-0.4, -0.2) is 6.61 Å². The normalized spacial score (nSPS) is 12.0. The van der Waals surface area contributed by atoms with Crippen molar-refractivity contribution >= 4 is 17.7 Å². The maximum Gasteiger partial charge on any atom is 0.127 e. The fourth-order valence-electron chi connectivity index (χ4n) is 2.53. The van der Waals surface area contributed by atoms with Gasteiger partial charge >= 0.3 is 0 Å². The summed E-state index contributed by atoms with van der Waals surface area (Å²) in [6, 6.07) is 14.8. The minimum atomic E-state index is 0.654. The minimum absolute atomic E-state index is 0.654. The molecule has 0 unspecified atom stereocenters. The number of benzene rings is 2. The fraction of sp³-hybridized carbons (Fsp3) is 0.130. The van der Waals surface area contributed by atoms with E-state index in [1.165, 1.54) is 11.1 Å². The van der Waals surface area contributed by atoms with Crippen molar-refractivity contribution in [2.45, 2.75) is 13.3 Å². The minimum Gasteiger partial charge on any atom is -0.489 e. The van der Waals surface area contributed by atoms with E-state index in [1.54, 1.807) is 0 Å². The quantitative estimate of drug-likeness (QED) is 0.483. The molecule has 3 rings (SSSR count). The number of hydrogen-bond acceptors (Lipinski definition) is 1. The topological polar surface area (TPSA) is 9.23 Å². The van der Waals surface area contributed by atoms with Crippen LogP contribution < -0.4 is 4.74 Å². The highest BCUT2D eigenvalue weighted by Crippen LogP contribution is 2.27. The van der Waals surface area contributed by atoms with Crippen molar-refractivity contribution < 1.29 is 4.74 Å². The Bertz CT molecular complexity index is 765. The van der Waals surface area contributed by atoms with Crippen molar-refractivity contribution in [2.24, 2.45) is 0 Å². The van der Waals surface area contributed by atoms with Crippen LogP contribution in [0.5, 0.6) is 5.75 Å². The lowest BCUT2D eigenvalue weighted by Gasteiger charge is -2.13. The maximum atomic E-state index is 5.58. The van der Waals surface area contributed by atoms with Crippen LogP contribution >= 0.6 is 0 Å². The van der Waals surface area contributed by atoms with Crippen LogP contribution in [0.4, 0.5) is 0 Å². The van der Waals surface area contributed by atoms with Crippen LogP contribution in [-0.2, 0) is 6.42 Å². The Morgan fingerprint density at radius 3 is 2.79 bits per heavy atom. The van der Waals surface area contributed by atoms with Gasteiger partial charge in [0.15, 0.2) is 0 Å². The van der Waals surface area contributed by atoms with Gasteiger partial charge in [0.2, 0.25) is 0 Å². The van der Waals surface area contributed by atoms with E-state index in [4.69, 9.17) is 4.74 Å². The van der Waals surface area contributed by atoms with Crippen molar-refractivity contribution in [3.05, 3.63) is 96.6 Å². The van der Waals surface area contributed by atoms with Crippen molar-refractivity contribution in [3.63, 3.8) is 0 Å². The predicted molar refractivity (Wildman–Crippen MR) is 106 cm³/mol. The smallest absolute Gasteiger partial charge is 0.127 e. The van der Waals surface area contributed by atoms with Gasteiger partial charge in [-0.05, 0) is 46.9 Å². The Morgan fingerprint density at radius 1 is 1.17 bits per heavy atom. The molecule has 24 heavy (non-hydrogen) atoms. The van der Waals surface area contributed by atoms with E-state index in [1.807, 2.05) is 12.1 Å². The Balaban J connectivity index is 0.00000100. The van der Waals surface area contributed by atoms with E-state index < -0.39 is 0 Å². The molecular formula is C23H24O. The molecule has 0 radical (unpaired) electrons. The molecule has 0 N–H and O–H groups in total. The summed E-state index contributed by atoms with van der Waals surface area (Å²) in [5.74, 6) is 0.943. The summed E-state index contributed by atoms with van der Waals surface area (Å²) < 4.78 is 5.58. The number of ether oxygens (including phenoxy) is 1. The summed E-state index contributed by atoms with van der Waals surface area (Å²) in [5, 5.41) is 0. The Hall–Kier alpha value is -2.80. The van der Waals surface area contributed by atoms with Gasteiger partial charge in [-0.3, -0.25) is 0 Å². The number of allylic oxidation sites excluding steroid dienone is 2. The zero-order valence-corrected chi connectivity index (χ0v) is 14.3.